The van der Waals surface area contributed by atoms with E-state index in [0.29, 0.717) is 25.1 Å². The number of hydrogen-bond acceptors (Lipinski definition) is 4. The average Bonchev–Trinajstić information content (AvgIpc) is 2.94. The zero-order valence-corrected chi connectivity index (χ0v) is 14.2. The molecule has 126 valence electrons. The largest absolute Gasteiger partial charge is 0.480 e. The van der Waals surface area contributed by atoms with Gasteiger partial charge in [-0.2, -0.15) is 0 Å². The normalized spacial score (nSPS) is 16.0. The first-order valence-corrected chi connectivity index (χ1v) is 8.09. The summed E-state index contributed by atoms with van der Waals surface area (Å²) in [4.78, 5) is 28.1. The van der Waals surface area contributed by atoms with Gasteiger partial charge in [-0.3, -0.25) is 9.36 Å². The molecule has 0 bridgehead atoms. The molecule has 1 aromatic heterocycles. The molecule has 2 aromatic rings. The minimum absolute atomic E-state index is 0.0797. The Balaban J connectivity index is 1.92. The van der Waals surface area contributed by atoms with Crippen molar-refractivity contribution in [2.24, 2.45) is 0 Å². The Bertz CT molecular complexity index is 856. The minimum atomic E-state index is -1.03. The summed E-state index contributed by atoms with van der Waals surface area (Å²) in [6, 6.07) is 5.23. The predicted molar refractivity (Wildman–Crippen MR) is 91.7 cm³/mol. The van der Waals surface area contributed by atoms with E-state index < -0.39 is 17.6 Å². The molecule has 7 heteroatoms. The van der Waals surface area contributed by atoms with E-state index in [-0.39, 0.29) is 11.0 Å². The van der Waals surface area contributed by atoms with Crippen molar-refractivity contribution in [2.45, 2.75) is 39.3 Å². The van der Waals surface area contributed by atoms with Crippen LogP contribution < -0.4 is 10.9 Å². The smallest absolute Gasteiger partial charge is 0.326 e. The highest BCUT2D eigenvalue weighted by Crippen LogP contribution is 2.28. The summed E-state index contributed by atoms with van der Waals surface area (Å²) in [6.07, 6.45) is 0.794. The van der Waals surface area contributed by atoms with Gasteiger partial charge in [-0.1, -0.05) is 40.9 Å². The van der Waals surface area contributed by atoms with Crippen molar-refractivity contribution in [3.63, 3.8) is 0 Å². The van der Waals surface area contributed by atoms with Gasteiger partial charge in [0.05, 0.1) is 5.69 Å². The molecule has 0 saturated carbocycles. The van der Waals surface area contributed by atoms with Crippen molar-refractivity contribution in [2.75, 3.05) is 5.32 Å². The molecule has 3 rings (SSSR count). The lowest BCUT2D eigenvalue weighted by Crippen LogP contribution is -2.30. The zero-order valence-electron chi connectivity index (χ0n) is 13.5. The Morgan fingerprint density at radius 2 is 2.04 bits per heavy atom. The van der Waals surface area contributed by atoms with Crippen LogP contribution in [-0.4, -0.2) is 20.6 Å². The molecule has 0 saturated heterocycles. The standard InChI is InChI=1S/C17H18ClN3O3/c1-9-5-10(2)7-11(6-9)8-19-15-16(22)21-12(14(18)20-15)3-4-13(21)17(23)24/h5-7,13H,3-4,8H2,1-2H3,(H,19,20)(H,23,24)/t13-/m0/s1. The molecular weight excluding hydrogens is 330 g/mol. The van der Waals surface area contributed by atoms with Crippen molar-refractivity contribution in [3.8, 4) is 0 Å². The van der Waals surface area contributed by atoms with Crippen LogP contribution in [0.5, 0.6) is 0 Å². The number of carbonyl (C=O) groups is 1. The van der Waals surface area contributed by atoms with Crippen LogP contribution in [0.25, 0.3) is 0 Å². The topological polar surface area (TPSA) is 84.2 Å². The first-order valence-electron chi connectivity index (χ1n) is 7.71. The predicted octanol–water partition coefficient (Wildman–Crippen LogP) is 2.70. The van der Waals surface area contributed by atoms with Gasteiger partial charge in [-0.05, 0) is 32.3 Å². The van der Waals surface area contributed by atoms with Gasteiger partial charge in [0.25, 0.3) is 5.56 Å². The van der Waals surface area contributed by atoms with Crippen LogP contribution in [0.15, 0.2) is 23.0 Å². The van der Waals surface area contributed by atoms with E-state index in [4.69, 9.17) is 11.6 Å². The van der Waals surface area contributed by atoms with Gasteiger partial charge in [0, 0.05) is 6.54 Å². The van der Waals surface area contributed by atoms with Gasteiger partial charge in [-0.15, -0.1) is 0 Å². The van der Waals surface area contributed by atoms with Gasteiger partial charge in [0.1, 0.15) is 6.04 Å². The maximum absolute atomic E-state index is 12.6. The Kier molecular flexibility index (Phi) is 4.32. The van der Waals surface area contributed by atoms with Crippen LogP contribution in [0, 0.1) is 13.8 Å². The summed E-state index contributed by atoms with van der Waals surface area (Å²) in [5, 5.41) is 12.5. The number of nitrogens with zero attached hydrogens (tertiary/aromatic N) is 2. The van der Waals surface area contributed by atoms with Crippen LogP contribution in [0.4, 0.5) is 5.82 Å². The molecule has 24 heavy (non-hydrogen) atoms. The van der Waals surface area contributed by atoms with Gasteiger partial charge < -0.3 is 10.4 Å². The molecule has 1 aromatic carbocycles. The van der Waals surface area contributed by atoms with E-state index in [9.17, 15) is 14.7 Å². The number of aliphatic carboxylic acids is 1. The lowest BCUT2D eigenvalue weighted by molar-refractivity contribution is -0.140. The third-order valence-electron chi connectivity index (χ3n) is 4.15. The van der Waals surface area contributed by atoms with Gasteiger partial charge in [0.15, 0.2) is 11.0 Å². The highest BCUT2D eigenvalue weighted by molar-refractivity contribution is 6.30. The summed E-state index contributed by atoms with van der Waals surface area (Å²) < 4.78 is 1.25. The van der Waals surface area contributed by atoms with Gasteiger partial charge in [-0.25, -0.2) is 9.78 Å². The number of hydrogen-bond donors (Lipinski definition) is 2. The van der Waals surface area contributed by atoms with Crippen LogP contribution in [0.2, 0.25) is 5.15 Å². The SMILES string of the molecule is Cc1cc(C)cc(CNc2nc(Cl)c3n(c2=O)[C@H](C(=O)O)CC3)c1. The molecule has 0 fully saturated rings. The molecule has 0 amide bonds. The molecule has 2 N–H and O–H groups in total. The quantitative estimate of drug-likeness (QED) is 0.888. The second-order valence-corrected chi connectivity index (χ2v) is 6.47. The number of carboxylic acid groups (broad SMARTS) is 1. The summed E-state index contributed by atoms with van der Waals surface area (Å²) in [5.74, 6) is -0.950. The second kappa shape index (κ2) is 6.28. The average molecular weight is 348 g/mol. The Labute approximate surface area is 144 Å². The Hall–Kier alpha value is -2.34. The fourth-order valence-corrected chi connectivity index (χ4v) is 3.48. The second-order valence-electron chi connectivity index (χ2n) is 6.12. The summed E-state index contributed by atoms with van der Waals surface area (Å²) in [5.41, 5.74) is 3.34. The zero-order chi connectivity index (χ0) is 17.4. The highest BCUT2D eigenvalue weighted by Gasteiger charge is 2.32. The summed E-state index contributed by atoms with van der Waals surface area (Å²) >= 11 is 6.15. The van der Waals surface area contributed by atoms with E-state index >= 15 is 0 Å². The summed E-state index contributed by atoms with van der Waals surface area (Å²) in [6.45, 7) is 4.43. The number of rotatable bonds is 4. The Morgan fingerprint density at radius 1 is 1.38 bits per heavy atom. The van der Waals surface area contributed by atoms with Crippen LogP contribution >= 0.6 is 11.6 Å². The summed E-state index contributed by atoms with van der Waals surface area (Å²) in [7, 11) is 0. The van der Waals surface area contributed by atoms with E-state index in [0.717, 1.165) is 16.7 Å². The number of fused-ring (bicyclic) bond motifs is 1. The maximum Gasteiger partial charge on any atom is 0.326 e. The number of benzene rings is 1. The van der Waals surface area contributed by atoms with E-state index in [1.807, 2.05) is 26.0 Å². The molecule has 0 radical (unpaired) electrons. The molecule has 1 aliphatic rings. The first-order chi connectivity index (χ1) is 11.4. The van der Waals surface area contributed by atoms with Crippen molar-refractivity contribution < 1.29 is 9.90 Å². The number of halogens is 1. The number of carboxylic acids is 1. The molecule has 1 aliphatic heterocycles. The Morgan fingerprint density at radius 3 is 2.67 bits per heavy atom. The van der Waals surface area contributed by atoms with Crippen LogP contribution in [0.3, 0.4) is 0 Å². The lowest BCUT2D eigenvalue weighted by Gasteiger charge is -2.13. The number of nitrogens with one attached hydrogen (secondary N) is 1. The van der Waals surface area contributed by atoms with Crippen LogP contribution in [-0.2, 0) is 17.8 Å². The fraction of sp³-hybridized carbons (Fsp3) is 0.353. The minimum Gasteiger partial charge on any atom is -0.480 e. The van der Waals surface area contributed by atoms with Crippen molar-refractivity contribution in [3.05, 3.63) is 56.1 Å². The highest BCUT2D eigenvalue weighted by atomic mass is 35.5. The molecule has 0 aliphatic carbocycles. The van der Waals surface area contributed by atoms with E-state index in [1.54, 1.807) is 0 Å². The van der Waals surface area contributed by atoms with Gasteiger partial charge >= 0.3 is 5.97 Å². The lowest BCUT2D eigenvalue weighted by atomic mass is 10.1. The molecule has 0 spiro atoms. The molecule has 2 heterocycles. The molecular formula is C17H18ClN3O3. The molecule has 0 unspecified atom stereocenters. The van der Waals surface area contributed by atoms with Gasteiger partial charge in [0.2, 0.25) is 0 Å². The van der Waals surface area contributed by atoms with Crippen molar-refractivity contribution in [1.29, 1.82) is 0 Å². The fourth-order valence-electron chi connectivity index (χ4n) is 3.21. The molecule has 6 nitrogen and oxygen atoms in total. The number of aryl methyl sites for hydroxylation is 2. The third kappa shape index (κ3) is 3.01. The number of anilines is 1. The third-order valence-corrected chi connectivity index (χ3v) is 4.46. The molecule has 1 atom stereocenters. The van der Waals surface area contributed by atoms with E-state index in [1.165, 1.54) is 4.57 Å². The van der Waals surface area contributed by atoms with Crippen molar-refractivity contribution in [1.82, 2.24) is 9.55 Å². The monoisotopic (exact) mass is 347 g/mol. The van der Waals surface area contributed by atoms with Crippen molar-refractivity contribution >= 4 is 23.4 Å². The number of aromatic nitrogens is 2. The van der Waals surface area contributed by atoms with E-state index in [2.05, 4.69) is 16.4 Å². The van der Waals surface area contributed by atoms with Crippen LogP contribution in [0.1, 0.15) is 34.8 Å². The maximum atomic E-state index is 12.6. The first kappa shape index (κ1) is 16.5.